The summed E-state index contributed by atoms with van der Waals surface area (Å²) in [6, 6.07) is 10.5. The number of benzene rings is 1. The van der Waals surface area contributed by atoms with Crippen LogP contribution in [0.3, 0.4) is 0 Å². The number of pyridine rings is 1. The number of aryl methyl sites for hydroxylation is 1. The lowest BCUT2D eigenvalue weighted by atomic mass is 10.0. The van der Waals surface area contributed by atoms with Crippen LogP contribution in [-0.2, 0) is 0 Å². The minimum atomic E-state index is 0.305. The second-order valence-corrected chi connectivity index (χ2v) is 6.57. The van der Waals surface area contributed by atoms with Crippen molar-refractivity contribution in [3.05, 3.63) is 35.9 Å². The first-order chi connectivity index (χ1) is 9.64. The maximum Gasteiger partial charge on any atom is 0.129 e. The zero-order valence-electron chi connectivity index (χ0n) is 12.9. The van der Waals surface area contributed by atoms with Crippen LogP contribution in [0.4, 0.5) is 5.82 Å². The number of nitrogens with one attached hydrogen (secondary N) is 1. The van der Waals surface area contributed by atoms with E-state index in [0.29, 0.717) is 4.75 Å². The van der Waals surface area contributed by atoms with Crippen LogP contribution in [0.25, 0.3) is 10.9 Å². The molecule has 3 heteroatoms. The molecule has 0 atom stereocenters. The van der Waals surface area contributed by atoms with Crippen LogP contribution < -0.4 is 5.32 Å². The average Bonchev–Trinajstić information content (AvgIpc) is 2.49. The highest BCUT2D eigenvalue weighted by atomic mass is 32.2. The monoisotopic (exact) mass is 288 g/mol. The first-order valence-corrected chi connectivity index (χ1v) is 8.52. The summed E-state index contributed by atoms with van der Waals surface area (Å²) in [5.74, 6) is 1.02. The van der Waals surface area contributed by atoms with E-state index in [-0.39, 0.29) is 0 Å². The van der Waals surface area contributed by atoms with Crippen molar-refractivity contribution in [2.24, 2.45) is 0 Å². The fourth-order valence-electron chi connectivity index (χ4n) is 2.51. The molecule has 0 saturated heterocycles. The molecule has 108 valence electrons. The Labute approximate surface area is 126 Å². The lowest BCUT2D eigenvalue weighted by Gasteiger charge is -2.30. The van der Waals surface area contributed by atoms with Crippen molar-refractivity contribution in [2.45, 2.75) is 38.4 Å². The molecule has 0 bridgehead atoms. The van der Waals surface area contributed by atoms with Gasteiger partial charge >= 0.3 is 0 Å². The van der Waals surface area contributed by atoms with E-state index in [2.05, 4.69) is 56.6 Å². The SMILES string of the molecule is CCC(CC)(CNc1nc2ccccc2cc1C)SC. The molecule has 0 aliphatic rings. The second kappa shape index (κ2) is 6.49. The Hall–Kier alpha value is -1.22. The summed E-state index contributed by atoms with van der Waals surface area (Å²) in [6.07, 6.45) is 4.55. The number of nitrogens with zero attached hydrogens (tertiary/aromatic N) is 1. The van der Waals surface area contributed by atoms with Gasteiger partial charge in [0.25, 0.3) is 0 Å². The Kier molecular flexibility index (Phi) is 4.92. The van der Waals surface area contributed by atoms with Gasteiger partial charge in [0.1, 0.15) is 5.82 Å². The molecule has 1 N–H and O–H groups in total. The normalized spacial score (nSPS) is 11.8. The molecule has 1 heterocycles. The number of hydrogen-bond acceptors (Lipinski definition) is 3. The molecule has 1 aromatic heterocycles. The van der Waals surface area contributed by atoms with E-state index in [1.54, 1.807) is 0 Å². The van der Waals surface area contributed by atoms with E-state index in [0.717, 1.165) is 17.9 Å². The maximum atomic E-state index is 4.76. The maximum absolute atomic E-state index is 4.76. The fourth-order valence-corrected chi connectivity index (χ4v) is 3.30. The number of fused-ring (bicyclic) bond motifs is 1. The van der Waals surface area contributed by atoms with Gasteiger partial charge in [0.2, 0.25) is 0 Å². The molecular formula is C17H24N2S. The molecule has 0 unspecified atom stereocenters. The highest BCUT2D eigenvalue weighted by molar-refractivity contribution is 8.00. The van der Waals surface area contributed by atoms with Crippen LogP contribution in [-0.4, -0.2) is 22.5 Å². The Morgan fingerprint density at radius 2 is 1.90 bits per heavy atom. The van der Waals surface area contributed by atoms with Gasteiger partial charge in [0, 0.05) is 16.7 Å². The van der Waals surface area contributed by atoms with Gasteiger partial charge in [-0.15, -0.1) is 0 Å². The van der Waals surface area contributed by atoms with Gasteiger partial charge in [-0.05, 0) is 43.7 Å². The van der Waals surface area contributed by atoms with Crippen LogP contribution in [0.1, 0.15) is 32.3 Å². The predicted octanol–water partition coefficient (Wildman–Crippen LogP) is 4.88. The third-order valence-electron chi connectivity index (χ3n) is 4.21. The second-order valence-electron chi connectivity index (χ2n) is 5.29. The van der Waals surface area contributed by atoms with Crippen LogP contribution >= 0.6 is 11.8 Å². The zero-order chi connectivity index (χ0) is 14.6. The lowest BCUT2D eigenvalue weighted by molar-refractivity contribution is 0.574. The Balaban J connectivity index is 2.23. The van der Waals surface area contributed by atoms with Crippen LogP contribution in [0.15, 0.2) is 30.3 Å². The summed E-state index contributed by atoms with van der Waals surface area (Å²) in [5, 5.41) is 4.77. The van der Waals surface area contributed by atoms with Crippen molar-refractivity contribution in [3.8, 4) is 0 Å². The summed E-state index contributed by atoms with van der Waals surface area (Å²) >= 11 is 1.96. The smallest absolute Gasteiger partial charge is 0.129 e. The van der Waals surface area contributed by atoms with Crippen LogP contribution in [0.5, 0.6) is 0 Å². The van der Waals surface area contributed by atoms with Crippen LogP contribution in [0, 0.1) is 6.92 Å². The molecule has 1 aromatic carbocycles. The quantitative estimate of drug-likeness (QED) is 0.820. The summed E-state index contributed by atoms with van der Waals surface area (Å²) in [4.78, 5) is 4.76. The Morgan fingerprint density at radius 1 is 1.20 bits per heavy atom. The molecule has 0 radical (unpaired) electrons. The van der Waals surface area contributed by atoms with Gasteiger partial charge in [-0.3, -0.25) is 0 Å². The highest BCUT2D eigenvalue weighted by Gasteiger charge is 2.24. The highest BCUT2D eigenvalue weighted by Crippen LogP contribution is 2.31. The molecule has 20 heavy (non-hydrogen) atoms. The number of thioether (sulfide) groups is 1. The summed E-state index contributed by atoms with van der Waals surface area (Å²) in [6.45, 7) is 7.62. The molecule has 2 nitrogen and oxygen atoms in total. The summed E-state index contributed by atoms with van der Waals surface area (Å²) in [7, 11) is 0. The van der Waals surface area contributed by atoms with Gasteiger partial charge in [0.15, 0.2) is 0 Å². The fraction of sp³-hybridized carbons (Fsp3) is 0.471. The molecule has 0 fully saturated rings. The van der Waals surface area contributed by atoms with E-state index >= 15 is 0 Å². The van der Waals surface area contributed by atoms with Crippen molar-refractivity contribution in [3.63, 3.8) is 0 Å². The topological polar surface area (TPSA) is 24.9 Å². The number of anilines is 1. The third-order valence-corrected chi connectivity index (χ3v) is 5.80. The van der Waals surface area contributed by atoms with Gasteiger partial charge in [-0.1, -0.05) is 32.0 Å². The van der Waals surface area contributed by atoms with E-state index in [9.17, 15) is 0 Å². The number of para-hydroxylation sites is 1. The Morgan fingerprint density at radius 3 is 2.55 bits per heavy atom. The average molecular weight is 288 g/mol. The minimum absolute atomic E-state index is 0.305. The molecular weight excluding hydrogens is 264 g/mol. The largest absolute Gasteiger partial charge is 0.368 e. The number of rotatable bonds is 6. The molecule has 0 aliphatic heterocycles. The van der Waals surface area contributed by atoms with Crippen molar-refractivity contribution in [2.75, 3.05) is 18.1 Å². The van der Waals surface area contributed by atoms with E-state index < -0.39 is 0 Å². The molecule has 0 amide bonds. The summed E-state index contributed by atoms with van der Waals surface area (Å²) < 4.78 is 0.305. The van der Waals surface area contributed by atoms with E-state index in [1.807, 2.05) is 17.8 Å². The first kappa shape index (κ1) is 15.2. The summed E-state index contributed by atoms with van der Waals surface area (Å²) in [5.41, 5.74) is 2.27. The van der Waals surface area contributed by atoms with Crippen LogP contribution in [0.2, 0.25) is 0 Å². The van der Waals surface area contributed by atoms with E-state index in [4.69, 9.17) is 4.98 Å². The zero-order valence-corrected chi connectivity index (χ0v) is 13.7. The van der Waals surface area contributed by atoms with Gasteiger partial charge in [-0.25, -0.2) is 4.98 Å². The standard InChI is InChI=1S/C17H24N2S/c1-5-17(6-2,20-4)12-18-16-13(3)11-14-9-7-8-10-15(14)19-16/h7-11H,5-6,12H2,1-4H3,(H,18,19). The predicted molar refractivity (Wildman–Crippen MR) is 91.8 cm³/mol. The van der Waals surface area contributed by atoms with E-state index in [1.165, 1.54) is 23.8 Å². The van der Waals surface area contributed by atoms with Crippen molar-refractivity contribution in [1.82, 2.24) is 4.98 Å². The molecule has 0 saturated carbocycles. The molecule has 0 aliphatic carbocycles. The van der Waals surface area contributed by atoms with Crippen molar-refractivity contribution in [1.29, 1.82) is 0 Å². The van der Waals surface area contributed by atoms with Crippen molar-refractivity contribution >= 4 is 28.5 Å². The molecule has 2 aromatic rings. The lowest BCUT2D eigenvalue weighted by Crippen LogP contribution is -2.32. The van der Waals surface area contributed by atoms with Gasteiger partial charge in [0.05, 0.1) is 5.52 Å². The number of aromatic nitrogens is 1. The molecule has 0 spiro atoms. The molecule has 2 rings (SSSR count). The third kappa shape index (κ3) is 3.09. The first-order valence-electron chi connectivity index (χ1n) is 7.29. The van der Waals surface area contributed by atoms with Gasteiger partial charge in [-0.2, -0.15) is 11.8 Å². The minimum Gasteiger partial charge on any atom is -0.368 e. The Bertz CT molecular complexity index is 568. The number of hydrogen-bond donors (Lipinski definition) is 1. The van der Waals surface area contributed by atoms with Gasteiger partial charge < -0.3 is 5.32 Å². The van der Waals surface area contributed by atoms with Crippen molar-refractivity contribution < 1.29 is 0 Å².